The first-order valence-corrected chi connectivity index (χ1v) is 7.42. The first kappa shape index (κ1) is 11.7. The minimum Gasteiger partial charge on any atom is -0.392 e. The summed E-state index contributed by atoms with van der Waals surface area (Å²) in [5, 5.41) is 10.1. The van der Waals surface area contributed by atoms with Gasteiger partial charge < -0.3 is 5.11 Å². The number of hydrogen-bond donors (Lipinski definition) is 1. The molecule has 0 aromatic heterocycles. The van der Waals surface area contributed by atoms with Crippen molar-refractivity contribution in [1.29, 1.82) is 0 Å². The van der Waals surface area contributed by atoms with Crippen LogP contribution in [0.2, 0.25) is 0 Å². The predicted molar refractivity (Wildman–Crippen MR) is 66.5 cm³/mol. The SMILES string of the molecule is CCCC[C@@H]1[C@@H]2CCC[C@]13CC[C@@H](O)[C@H]3C2=O. The molecule has 96 valence electrons. The van der Waals surface area contributed by atoms with Gasteiger partial charge in [-0.15, -0.1) is 0 Å². The first-order chi connectivity index (χ1) is 8.20. The molecular formula is C15H24O2. The fourth-order valence-corrected chi connectivity index (χ4v) is 5.21. The van der Waals surface area contributed by atoms with E-state index in [9.17, 15) is 9.90 Å². The molecule has 3 saturated carbocycles. The molecule has 17 heavy (non-hydrogen) atoms. The molecule has 3 aliphatic rings. The highest BCUT2D eigenvalue weighted by atomic mass is 16.3. The molecule has 1 spiro atoms. The van der Waals surface area contributed by atoms with Gasteiger partial charge in [0, 0.05) is 11.8 Å². The molecule has 1 N–H and O–H groups in total. The maximum atomic E-state index is 12.5. The van der Waals surface area contributed by atoms with Gasteiger partial charge in [-0.2, -0.15) is 0 Å². The van der Waals surface area contributed by atoms with Crippen LogP contribution in [0.1, 0.15) is 58.3 Å². The van der Waals surface area contributed by atoms with Crippen molar-refractivity contribution in [2.45, 2.75) is 64.4 Å². The Morgan fingerprint density at radius 3 is 2.94 bits per heavy atom. The van der Waals surface area contributed by atoms with Crippen LogP contribution in [0.3, 0.4) is 0 Å². The average Bonchev–Trinajstić information content (AvgIpc) is 2.69. The summed E-state index contributed by atoms with van der Waals surface area (Å²) >= 11 is 0. The summed E-state index contributed by atoms with van der Waals surface area (Å²) in [7, 11) is 0. The number of unbranched alkanes of at least 4 members (excludes halogenated alkanes) is 1. The summed E-state index contributed by atoms with van der Waals surface area (Å²) in [5.74, 6) is 1.34. The minimum atomic E-state index is -0.324. The standard InChI is InChI=1S/C15H24O2/c1-2-3-6-11-10-5-4-8-15(11)9-7-12(16)13(15)14(10)17/h10-13,16H,2-9H2,1H3/t10-,11+,12+,13-,15-/m0/s1. The Bertz CT molecular complexity index is 321. The number of carbonyl (C=O) groups is 1. The fraction of sp³-hybridized carbons (Fsp3) is 0.933. The molecule has 0 unspecified atom stereocenters. The monoisotopic (exact) mass is 236 g/mol. The second-order valence-electron chi connectivity index (χ2n) is 6.47. The zero-order valence-corrected chi connectivity index (χ0v) is 10.8. The zero-order chi connectivity index (χ0) is 12.0. The van der Waals surface area contributed by atoms with Gasteiger partial charge in [0.25, 0.3) is 0 Å². The lowest BCUT2D eigenvalue weighted by Gasteiger charge is -2.40. The van der Waals surface area contributed by atoms with Gasteiger partial charge in [-0.3, -0.25) is 4.79 Å². The predicted octanol–water partition coefficient (Wildman–Crippen LogP) is 2.93. The molecule has 2 heteroatoms. The van der Waals surface area contributed by atoms with Crippen LogP contribution in [-0.2, 0) is 4.79 Å². The van der Waals surface area contributed by atoms with Gasteiger partial charge in [0.05, 0.1) is 6.10 Å². The highest BCUT2D eigenvalue weighted by Gasteiger charge is 2.65. The number of carbonyl (C=O) groups excluding carboxylic acids is 1. The second-order valence-corrected chi connectivity index (χ2v) is 6.47. The van der Waals surface area contributed by atoms with Crippen LogP contribution in [0.4, 0.5) is 0 Å². The largest absolute Gasteiger partial charge is 0.392 e. The van der Waals surface area contributed by atoms with Crippen molar-refractivity contribution in [1.82, 2.24) is 0 Å². The molecule has 0 heterocycles. The molecule has 3 rings (SSSR count). The smallest absolute Gasteiger partial charge is 0.142 e. The van der Waals surface area contributed by atoms with Gasteiger partial charge in [-0.25, -0.2) is 0 Å². The maximum absolute atomic E-state index is 12.5. The highest BCUT2D eigenvalue weighted by Crippen LogP contribution is 2.65. The topological polar surface area (TPSA) is 37.3 Å². The molecule has 5 atom stereocenters. The van der Waals surface area contributed by atoms with E-state index >= 15 is 0 Å². The molecule has 3 aliphatic carbocycles. The molecular weight excluding hydrogens is 212 g/mol. The average molecular weight is 236 g/mol. The summed E-state index contributed by atoms with van der Waals surface area (Å²) in [6.45, 7) is 2.23. The Labute approximate surface area is 104 Å². The number of fused-ring (bicyclic) bond motifs is 1. The van der Waals surface area contributed by atoms with E-state index < -0.39 is 0 Å². The zero-order valence-electron chi connectivity index (χ0n) is 10.8. The number of Topliss-reactive ketones (excluding diaryl/α,β-unsaturated/α-hetero) is 1. The lowest BCUT2D eigenvalue weighted by molar-refractivity contribution is -0.127. The number of ketones is 1. The summed E-state index contributed by atoms with van der Waals surface area (Å²) < 4.78 is 0. The van der Waals surface area contributed by atoms with Crippen LogP contribution in [0.25, 0.3) is 0 Å². The molecule has 0 saturated heterocycles. The van der Waals surface area contributed by atoms with Gasteiger partial charge in [0.15, 0.2) is 0 Å². The van der Waals surface area contributed by atoms with Crippen LogP contribution in [-0.4, -0.2) is 17.0 Å². The van der Waals surface area contributed by atoms with Crippen molar-refractivity contribution < 1.29 is 9.90 Å². The van der Waals surface area contributed by atoms with Gasteiger partial charge in [-0.1, -0.05) is 26.2 Å². The van der Waals surface area contributed by atoms with Crippen LogP contribution in [0, 0.1) is 23.2 Å². The van der Waals surface area contributed by atoms with E-state index in [1.807, 2.05) is 0 Å². The fourth-order valence-electron chi connectivity index (χ4n) is 5.21. The Morgan fingerprint density at radius 2 is 2.18 bits per heavy atom. The second kappa shape index (κ2) is 4.08. The maximum Gasteiger partial charge on any atom is 0.142 e. The van der Waals surface area contributed by atoms with Crippen LogP contribution in [0.5, 0.6) is 0 Å². The Balaban J connectivity index is 1.92. The van der Waals surface area contributed by atoms with E-state index in [4.69, 9.17) is 0 Å². The van der Waals surface area contributed by atoms with Crippen molar-refractivity contribution in [2.75, 3.05) is 0 Å². The number of hydrogen-bond acceptors (Lipinski definition) is 2. The van der Waals surface area contributed by atoms with Crippen LogP contribution >= 0.6 is 0 Å². The molecule has 0 aliphatic heterocycles. The lowest BCUT2D eigenvalue weighted by atomic mass is 9.63. The minimum absolute atomic E-state index is 0.0110. The Morgan fingerprint density at radius 1 is 1.35 bits per heavy atom. The van der Waals surface area contributed by atoms with Crippen molar-refractivity contribution in [3.05, 3.63) is 0 Å². The quantitative estimate of drug-likeness (QED) is 0.818. The van der Waals surface area contributed by atoms with Gasteiger partial charge >= 0.3 is 0 Å². The van der Waals surface area contributed by atoms with Crippen molar-refractivity contribution >= 4 is 5.78 Å². The van der Waals surface area contributed by atoms with Crippen molar-refractivity contribution in [2.24, 2.45) is 23.2 Å². The van der Waals surface area contributed by atoms with E-state index in [1.165, 1.54) is 32.1 Å². The van der Waals surface area contributed by atoms with E-state index in [2.05, 4.69) is 6.92 Å². The summed E-state index contributed by atoms with van der Waals surface area (Å²) in [5.41, 5.74) is 0.217. The van der Waals surface area contributed by atoms with Crippen LogP contribution in [0.15, 0.2) is 0 Å². The normalized spacial score (nSPS) is 48.5. The lowest BCUT2D eigenvalue weighted by Crippen LogP contribution is -2.34. The summed E-state index contributed by atoms with van der Waals surface area (Å²) in [6.07, 6.45) is 8.85. The third-order valence-corrected chi connectivity index (χ3v) is 5.83. The van der Waals surface area contributed by atoms with Gasteiger partial charge in [0.1, 0.15) is 5.78 Å². The van der Waals surface area contributed by atoms with Crippen LogP contribution < -0.4 is 0 Å². The van der Waals surface area contributed by atoms with E-state index in [-0.39, 0.29) is 17.4 Å². The third-order valence-electron chi connectivity index (χ3n) is 5.83. The summed E-state index contributed by atoms with van der Waals surface area (Å²) in [4.78, 5) is 12.5. The molecule has 3 fully saturated rings. The molecule has 0 aromatic carbocycles. The van der Waals surface area contributed by atoms with E-state index in [1.54, 1.807) is 0 Å². The van der Waals surface area contributed by atoms with E-state index in [0.717, 1.165) is 19.3 Å². The van der Waals surface area contributed by atoms with Crippen molar-refractivity contribution in [3.8, 4) is 0 Å². The molecule has 2 bridgehead atoms. The summed E-state index contributed by atoms with van der Waals surface area (Å²) in [6, 6.07) is 0. The third kappa shape index (κ3) is 1.46. The molecule has 0 amide bonds. The molecule has 2 nitrogen and oxygen atoms in total. The number of aliphatic hydroxyl groups excluding tert-OH is 1. The molecule has 0 aromatic rings. The van der Waals surface area contributed by atoms with E-state index in [0.29, 0.717) is 17.6 Å². The number of aliphatic hydroxyl groups is 1. The first-order valence-electron chi connectivity index (χ1n) is 7.42. The Kier molecular flexibility index (Phi) is 2.81. The Hall–Kier alpha value is -0.370. The van der Waals surface area contributed by atoms with Gasteiger partial charge in [0.2, 0.25) is 0 Å². The molecule has 0 radical (unpaired) electrons. The number of rotatable bonds is 3. The van der Waals surface area contributed by atoms with Crippen molar-refractivity contribution in [3.63, 3.8) is 0 Å². The highest BCUT2D eigenvalue weighted by molar-refractivity contribution is 5.88. The van der Waals surface area contributed by atoms with Gasteiger partial charge in [-0.05, 0) is 43.4 Å².